The Balaban J connectivity index is 2.60. The second kappa shape index (κ2) is 4.50. The van der Waals surface area contributed by atoms with Crippen molar-refractivity contribution in [3.05, 3.63) is 29.8 Å². The molecule has 76 valence electrons. The number of rotatable bonds is 3. The first-order chi connectivity index (χ1) is 6.59. The summed E-state index contributed by atoms with van der Waals surface area (Å²) >= 11 is 0. The van der Waals surface area contributed by atoms with Gasteiger partial charge in [0.15, 0.2) is 0 Å². The lowest BCUT2D eigenvalue weighted by molar-refractivity contribution is 0.194. The molecular formula is C10H14N2O2. The van der Waals surface area contributed by atoms with Gasteiger partial charge in [-0.3, -0.25) is 0 Å². The highest BCUT2D eigenvalue weighted by molar-refractivity contribution is 5.64. The summed E-state index contributed by atoms with van der Waals surface area (Å²) in [6.07, 6.45) is -0.999. The summed E-state index contributed by atoms with van der Waals surface area (Å²) in [5.41, 5.74) is 7.35. The lowest BCUT2D eigenvalue weighted by Crippen LogP contribution is -2.25. The van der Waals surface area contributed by atoms with E-state index in [0.29, 0.717) is 12.2 Å². The first-order valence-electron chi connectivity index (χ1n) is 4.42. The van der Waals surface area contributed by atoms with E-state index in [-0.39, 0.29) is 5.92 Å². The van der Waals surface area contributed by atoms with Gasteiger partial charge in [0.2, 0.25) is 0 Å². The largest absolute Gasteiger partial charge is 0.465 e. The zero-order chi connectivity index (χ0) is 10.6. The van der Waals surface area contributed by atoms with Gasteiger partial charge in [0.25, 0.3) is 0 Å². The molecule has 4 N–H and O–H groups in total. The van der Waals surface area contributed by atoms with Crippen molar-refractivity contribution >= 4 is 11.8 Å². The van der Waals surface area contributed by atoms with Gasteiger partial charge in [-0.25, -0.2) is 4.79 Å². The number of hydrogen-bond donors (Lipinski definition) is 3. The fraction of sp³-hybridized carbons (Fsp3) is 0.300. The average Bonchev–Trinajstić information content (AvgIpc) is 2.14. The van der Waals surface area contributed by atoms with Crippen molar-refractivity contribution in [2.75, 3.05) is 12.3 Å². The predicted molar refractivity (Wildman–Crippen MR) is 55.3 cm³/mol. The van der Waals surface area contributed by atoms with Gasteiger partial charge in [-0.05, 0) is 23.6 Å². The molecule has 0 aliphatic carbocycles. The minimum atomic E-state index is -0.999. The third kappa shape index (κ3) is 2.97. The Morgan fingerprint density at radius 1 is 1.64 bits per heavy atom. The molecule has 4 heteroatoms. The zero-order valence-corrected chi connectivity index (χ0v) is 8.03. The Hall–Kier alpha value is -1.71. The lowest BCUT2D eigenvalue weighted by Gasteiger charge is -2.11. The Kier molecular flexibility index (Phi) is 3.34. The van der Waals surface area contributed by atoms with E-state index >= 15 is 0 Å². The maximum Gasteiger partial charge on any atom is 0.404 e. The fourth-order valence-corrected chi connectivity index (χ4v) is 1.22. The van der Waals surface area contributed by atoms with Crippen LogP contribution < -0.4 is 11.1 Å². The highest BCUT2D eigenvalue weighted by Crippen LogP contribution is 2.16. The van der Waals surface area contributed by atoms with Crippen LogP contribution in [0.25, 0.3) is 0 Å². The minimum Gasteiger partial charge on any atom is -0.465 e. The molecule has 0 saturated heterocycles. The Morgan fingerprint density at radius 2 is 2.36 bits per heavy atom. The van der Waals surface area contributed by atoms with Gasteiger partial charge in [0.1, 0.15) is 0 Å². The number of anilines is 1. The van der Waals surface area contributed by atoms with E-state index in [1.807, 2.05) is 25.1 Å². The third-order valence-electron chi connectivity index (χ3n) is 2.04. The molecule has 0 fully saturated rings. The summed E-state index contributed by atoms with van der Waals surface area (Å²) in [6.45, 7) is 2.35. The summed E-state index contributed by atoms with van der Waals surface area (Å²) in [4.78, 5) is 10.3. The summed E-state index contributed by atoms with van der Waals surface area (Å²) < 4.78 is 0. The molecular weight excluding hydrogens is 180 g/mol. The first-order valence-corrected chi connectivity index (χ1v) is 4.42. The van der Waals surface area contributed by atoms with E-state index in [1.54, 1.807) is 6.07 Å². The van der Waals surface area contributed by atoms with Crippen LogP contribution in [0.4, 0.5) is 10.5 Å². The highest BCUT2D eigenvalue weighted by atomic mass is 16.4. The molecule has 1 unspecified atom stereocenters. The number of hydrogen-bond acceptors (Lipinski definition) is 2. The number of nitrogens with two attached hydrogens (primary N) is 1. The zero-order valence-electron chi connectivity index (χ0n) is 8.03. The molecule has 0 aliphatic rings. The molecule has 1 aromatic rings. The van der Waals surface area contributed by atoms with Crippen molar-refractivity contribution in [2.24, 2.45) is 0 Å². The Bertz CT molecular complexity index is 326. The molecule has 1 atom stereocenters. The second-order valence-corrected chi connectivity index (χ2v) is 3.26. The molecule has 0 radical (unpaired) electrons. The van der Waals surface area contributed by atoms with Crippen molar-refractivity contribution in [1.29, 1.82) is 0 Å². The molecule has 0 heterocycles. The van der Waals surface area contributed by atoms with Crippen LogP contribution in [0.3, 0.4) is 0 Å². The van der Waals surface area contributed by atoms with Gasteiger partial charge >= 0.3 is 6.09 Å². The maximum atomic E-state index is 10.3. The first kappa shape index (κ1) is 10.4. The summed E-state index contributed by atoms with van der Waals surface area (Å²) in [7, 11) is 0. The van der Waals surface area contributed by atoms with Crippen LogP contribution in [0.1, 0.15) is 18.4 Å². The van der Waals surface area contributed by atoms with Crippen molar-refractivity contribution in [2.45, 2.75) is 12.8 Å². The van der Waals surface area contributed by atoms with Crippen molar-refractivity contribution in [1.82, 2.24) is 5.32 Å². The van der Waals surface area contributed by atoms with Gasteiger partial charge in [0, 0.05) is 12.2 Å². The number of benzene rings is 1. The van der Waals surface area contributed by atoms with E-state index in [2.05, 4.69) is 5.32 Å². The summed E-state index contributed by atoms with van der Waals surface area (Å²) in [5, 5.41) is 10.8. The van der Waals surface area contributed by atoms with Crippen LogP contribution in [0.15, 0.2) is 24.3 Å². The van der Waals surface area contributed by atoms with Crippen LogP contribution in [0, 0.1) is 0 Å². The van der Waals surface area contributed by atoms with Crippen molar-refractivity contribution in [3.8, 4) is 0 Å². The molecule has 1 rings (SSSR count). The molecule has 1 amide bonds. The van der Waals surface area contributed by atoms with Gasteiger partial charge in [-0.15, -0.1) is 0 Å². The SMILES string of the molecule is CC(CNC(=O)O)c1cccc(N)c1. The quantitative estimate of drug-likeness (QED) is 0.640. The summed E-state index contributed by atoms with van der Waals surface area (Å²) in [5.74, 6) is 0.134. The molecule has 4 nitrogen and oxygen atoms in total. The van der Waals surface area contributed by atoms with Crippen LogP contribution >= 0.6 is 0 Å². The van der Waals surface area contributed by atoms with Gasteiger partial charge in [-0.2, -0.15) is 0 Å². The van der Waals surface area contributed by atoms with Crippen LogP contribution in [0.2, 0.25) is 0 Å². The van der Waals surface area contributed by atoms with Gasteiger partial charge in [-0.1, -0.05) is 19.1 Å². The van der Waals surface area contributed by atoms with Crippen LogP contribution in [-0.4, -0.2) is 17.7 Å². The maximum absolute atomic E-state index is 10.3. The number of nitrogens with one attached hydrogen (secondary N) is 1. The lowest BCUT2D eigenvalue weighted by atomic mass is 10.0. The smallest absolute Gasteiger partial charge is 0.404 e. The monoisotopic (exact) mass is 194 g/mol. The number of carbonyl (C=O) groups is 1. The average molecular weight is 194 g/mol. The van der Waals surface area contributed by atoms with Crippen molar-refractivity contribution < 1.29 is 9.90 Å². The molecule has 0 aromatic heterocycles. The van der Waals surface area contributed by atoms with Gasteiger partial charge < -0.3 is 16.2 Å². The predicted octanol–water partition coefficient (Wildman–Crippen LogP) is 1.64. The highest BCUT2D eigenvalue weighted by Gasteiger charge is 2.06. The molecule has 0 aliphatic heterocycles. The Morgan fingerprint density at radius 3 is 2.93 bits per heavy atom. The molecule has 1 aromatic carbocycles. The number of amides is 1. The Labute approximate surface area is 82.7 Å². The van der Waals surface area contributed by atoms with Crippen LogP contribution in [0.5, 0.6) is 0 Å². The molecule has 0 spiro atoms. The van der Waals surface area contributed by atoms with Gasteiger partial charge in [0.05, 0.1) is 0 Å². The number of carboxylic acid groups (broad SMARTS) is 1. The third-order valence-corrected chi connectivity index (χ3v) is 2.04. The normalized spacial score (nSPS) is 12.1. The molecule has 0 bridgehead atoms. The summed E-state index contributed by atoms with van der Waals surface area (Å²) in [6, 6.07) is 7.46. The van der Waals surface area contributed by atoms with E-state index in [4.69, 9.17) is 10.8 Å². The molecule has 0 saturated carbocycles. The second-order valence-electron chi connectivity index (χ2n) is 3.26. The van der Waals surface area contributed by atoms with E-state index in [9.17, 15) is 4.79 Å². The minimum absolute atomic E-state index is 0.134. The van der Waals surface area contributed by atoms with Crippen LogP contribution in [-0.2, 0) is 0 Å². The van der Waals surface area contributed by atoms with E-state index in [0.717, 1.165) is 5.56 Å². The van der Waals surface area contributed by atoms with E-state index in [1.165, 1.54) is 0 Å². The van der Waals surface area contributed by atoms with E-state index < -0.39 is 6.09 Å². The van der Waals surface area contributed by atoms with Crippen molar-refractivity contribution in [3.63, 3.8) is 0 Å². The fourth-order valence-electron chi connectivity index (χ4n) is 1.22. The number of nitrogen functional groups attached to an aromatic ring is 1. The standard InChI is InChI=1S/C10H14N2O2/c1-7(6-12-10(13)14)8-3-2-4-9(11)5-8/h2-5,7,12H,6,11H2,1H3,(H,13,14). The topological polar surface area (TPSA) is 75.3 Å². The molecule has 14 heavy (non-hydrogen) atoms.